The van der Waals surface area contributed by atoms with E-state index in [1.54, 1.807) is 23.1 Å². The molecule has 1 aromatic rings. The van der Waals surface area contributed by atoms with Gasteiger partial charge >= 0.3 is 5.97 Å². The molecule has 0 bridgehead atoms. The zero-order valence-electron chi connectivity index (χ0n) is 21.3. The largest absolute Gasteiger partial charge is 0.480 e. The monoisotopic (exact) mass is 572 g/mol. The number of sulfonamides is 1. The first-order chi connectivity index (χ1) is 17.7. The third-order valence-electron chi connectivity index (χ3n) is 7.27. The van der Waals surface area contributed by atoms with Gasteiger partial charge in [0.25, 0.3) is 0 Å². The zero-order valence-corrected chi connectivity index (χ0v) is 22.9. The number of hydrogen-bond donors (Lipinski definition) is 4. The van der Waals surface area contributed by atoms with Crippen molar-refractivity contribution in [3.8, 4) is 0 Å². The standard InChI is InChI=1S/C24H36N6O6S.ClH/c25-27-18-26-13-8-22(32)30-16-11-24(12-17-30)9-14-29(15-10-24)21(31)7-6-20(23(33)34)28-37(35,36)19-4-2-1-3-5-19;/h1-5,18,20,28H,6-17,25H2,(H,26,27)(H,33,34);1H. The average Bonchev–Trinajstić information content (AvgIpc) is 2.90. The molecule has 212 valence electrons. The minimum atomic E-state index is -4.01. The predicted octanol–water partition coefficient (Wildman–Crippen LogP) is 0.733. The van der Waals surface area contributed by atoms with Crippen LogP contribution in [-0.4, -0.2) is 86.2 Å². The van der Waals surface area contributed by atoms with Gasteiger partial charge in [-0.05, 0) is 49.7 Å². The second kappa shape index (κ2) is 14.4. The van der Waals surface area contributed by atoms with Crippen molar-refractivity contribution in [3.63, 3.8) is 0 Å². The summed E-state index contributed by atoms with van der Waals surface area (Å²) >= 11 is 0. The van der Waals surface area contributed by atoms with E-state index in [2.05, 4.69) is 15.1 Å². The molecule has 2 saturated heterocycles. The Balaban J connectivity index is 0.00000507. The Morgan fingerprint density at radius 2 is 1.53 bits per heavy atom. The summed E-state index contributed by atoms with van der Waals surface area (Å²) in [6, 6.07) is 6.13. The molecule has 14 heteroatoms. The van der Waals surface area contributed by atoms with E-state index >= 15 is 0 Å². The lowest BCUT2D eigenvalue weighted by Crippen LogP contribution is -2.49. The number of amides is 2. The molecule has 0 saturated carbocycles. The van der Waals surface area contributed by atoms with Crippen LogP contribution in [0.15, 0.2) is 40.2 Å². The molecule has 1 spiro atoms. The first kappa shape index (κ1) is 31.5. The maximum atomic E-state index is 12.8. The van der Waals surface area contributed by atoms with E-state index in [0.717, 1.165) is 25.7 Å². The number of hydrogen-bond acceptors (Lipinski definition) is 7. The van der Waals surface area contributed by atoms with Crippen molar-refractivity contribution in [2.24, 2.45) is 16.3 Å². The van der Waals surface area contributed by atoms with E-state index in [0.29, 0.717) is 39.1 Å². The van der Waals surface area contributed by atoms with Crippen molar-refractivity contribution in [2.45, 2.75) is 55.9 Å². The number of rotatable bonds is 11. The average molecular weight is 573 g/mol. The quantitative estimate of drug-likeness (QED) is 0.130. The summed E-state index contributed by atoms with van der Waals surface area (Å²) in [7, 11) is -4.01. The number of carbonyl (C=O) groups is 3. The first-order valence-electron chi connectivity index (χ1n) is 12.5. The van der Waals surface area contributed by atoms with Crippen molar-refractivity contribution in [3.05, 3.63) is 30.3 Å². The molecule has 1 unspecified atom stereocenters. The highest BCUT2D eigenvalue weighted by Crippen LogP contribution is 2.41. The summed E-state index contributed by atoms with van der Waals surface area (Å²) in [6.45, 7) is 2.90. The Labute approximate surface area is 229 Å². The Morgan fingerprint density at radius 1 is 1.00 bits per heavy atom. The fourth-order valence-electron chi connectivity index (χ4n) is 4.91. The topological polar surface area (TPSA) is 174 Å². The van der Waals surface area contributed by atoms with Gasteiger partial charge in [-0.2, -0.15) is 4.72 Å². The number of aliphatic carboxylic acids is 1. The van der Waals surface area contributed by atoms with Crippen LogP contribution in [0.25, 0.3) is 0 Å². The molecule has 38 heavy (non-hydrogen) atoms. The third kappa shape index (κ3) is 8.65. The Kier molecular flexibility index (Phi) is 11.9. The molecule has 0 aromatic heterocycles. The van der Waals surface area contributed by atoms with Crippen LogP contribution in [-0.2, 0) is 24.4 Å². The summed E-state index contributed by atoms with van der Waals surface area (Å²) in [5.74, 6) is 3.68. The van der Waals surface area contributed by atoms with E-state index in [1.165, 1.54) is 18.5 Å². The van der Waals surface area contributed by atoms with Crippen LogP contribution in [0.2, 0.25) is 0 Å². The molecule has 2 aliphatic rings. The molecule has 12 nitrogen and oxygen atoms in total. The molecular weight excluding hydrogens is 536 g/mol. The molecule has 2 aliphatic heterocycles. The van der Waals surface area contributed by atoms with Crippen LogP contribution in [0.4, 0.5) is 0 Å². The minimum absolute atomic E-state index is 0. The van der Waals surface area contributed by atoms with Gasteiger partial charge in [0.1, 0.15) is 6.04 Å². The van der Waals surface area contributed by atoms with Gasteiger partial charge in [-0.25, -0.2) is 14.3 Å². The number of carbonyl (C=O) groups excluding carboxylic acids is 2. The molecule has 1 atom stereocenters. The second-order valence-corrected chi connectivity index (χ2v) is 11.3. The van der Waals surface area contributed by atoms with Crippen LogP contribution in [0.1, 0.15) is 44.9 Å². The lowest BCUT2D eigenvalue weighted by atomic mass is 9.71. The fourth-order valence-corrected chi connectivity index (χ4v) is 6.15. The van der Waals surface area contributed by atoms with Crippen molar-refractivity contribution in [2.75, 3.05) is 32.7 Å². The summed E-state index contributed by atoms with van der Waals surface area (Å²) < 4.78 is 27.2. The molecule has 0 radical (unpaired) electrons. The molecule has 1 aromatic carbocycles. The fraction of sp³-hybridized carbons (Fsp3) is 0.583. The summed E-state index contributed by atoms with van der Waals surface area (Å²) in [6.07, 6.45) is 4.93. The van der Waals surface area contributed by atoms with Crippen molar-refractivity contribution < 1.29 is 27.9 Å². The van der Waals surface area contributed by atoms with Gasteiger partial charge in [-0.3, -0.25) is 19.4 Å². The number of nitrogens with two attached hydrogens (primary N) is 1. The number of halogens is 1. The van der Waals surface area contributed by atoms with Crippen molar-refractivity contribution in [1.29, 1.82) is 0 Å². The van der Waals surface area contributed by atoms with Gasteiger partial charge in [0.2, 0.25) is 21.8 Å². The number of benzene rings is 1. The number of nitrogens with one attached hydrogen (secondary N) is 2. The molecule has 3 rings (SSSR count). The van der Waals surface area contributed by atoms with E-state index < -0.39 is 22.0 Å². The number of piperidine rings is 2. The first-order valence-corrected chi connectivity index (χ1v) is 13.9. The Bertz CT molecular complexity index is 1070. The highest BCUT2D eigenvalue weighted by atomic mass is 35.5. The maximum Gasteiger partial charge on any atom is 0.321 e. The van der Waals surface area contributed by atoms with E-state index in [4.69, 9.17) is 5.84 Å². The van der Waals surface area contributed by atoms with Gasteiger partial charge in [-0.1, -0.05) is 18.2 Å². The van der Waals surface area contributed by atoms with Crippen LogP contribution < -0.4 is 16.0 Å². The lowest BCUT2D eigenvalue weighted by molar-refractivity contribution is -0.139. The summed E-state index contributed by atoms with van der Waals surface area (Å²) in [5.41, 5.74) is 2.41. The molecular formula is C24H37ClN6O6S. The highest BCUT2D eigenvalue weighted by Gasteiger charge is 2.39. The molecule has 5 N–H and O–H groups in total. The van der Waals surface area contributed by atoms with Gasteiger partial charge < -0.3 is 20.3 Å². The van der Waals surface area contributed by atoms with Crippen molar-refractivity contribution in [1.82, 2.24) is 19.9 Å². The predicted molar refractivity (Wildman–Crippen MR) is 144 cm³/mol. The maximum absolute atomic E-state index is 12.8. The minimum Gasteiger partial charge on any atom is -0.480 e. The van der Waals surface area contributed by atoms with Gasteiger partial charge in [0, 0.05) is 45.6 Å². The molecule has 0 aliphatic carbocycles. The number of aliphatic imine (C=N–C) groups is 1. The van der Waals surface area contributed by atoms with Crippen LogP contribution in [0, 0.1) is 5.41 Å². The third-order valence-corrected chi connectivity index (χ3v) is 8.76. The van der Waals surface area contributed by atoms with Crippen molar-refractivity contribution >= 4 is 46.6 Å². The number of carboxylic acid groups (broad SMARTS) is 1. The number of nitrogens with zero attached hydrogens (tertiary/aromatic N) is 3. The van der Waals surface area contributed by atoms with Crippen LogP contribution >= 0.6 is 12.4 Å². The number of hydrazine groups is 1. The van der Waals surface area contributed by atoms with Gasteiger partial charge in [0.05, 0.1) is 11.2 Å². The molecule has 2 heterocycles. The normalized spacial score (nSPS) is 18.1. The SMILES string of the molecule is Cl.NNC=NCCC(=O)N1CCC2(CC1)CCN(C(=O)CCC(NS(=O)(=O)c1ccccc1)C(=O)O)CC2. The van der Waals surface area contributed by atoms with E-state index in [9.17, 15) is 27.9 Å². The summed E-state index contributed by atoms with van der Waals surface area (Å²) in [4.78, 5) is 44.4. The lowest BCUT2D eigenvalue weighted by Gasteiger charge is -2.47. The number of carboxylic acids is 1. The van der Waals surface area contributed by atoms with E-state index in [-0.39, 0.29) is 47.4 Å². The van der Waals surface area contributed by atoms with Gasteiger partial charge in [-0.15, -0.1) is 12.4 Å². The summed E-state index contributed by atoms with van der Waals surface area (Å²) in [5, 5.41) is 9.51. The van der Waals surface area contributed by atoms with Crippen LogP contribution in [0.5, 0.6) is 0 Å². The van der Waals surface area contributed by atoms with Gasteiger partial charge in [0.15, 0.2) is 0 Å². The smallest absolute Gasteiger partial charge is 0.321 e. The second-order valence-electron chi connectivity index (χ2n) is 9.58. The zero-order chi connectivity index (χ0) is 26.9. The highest BCUT2D eigenvalue weighted by molar-refractivity contribution is 7.89. The number of likely N-dealkylation sites (tertiary alicyclic amines) is 2. The Hall–Kier alpha value is -2.74. The Morgan fingerprint density at radius 3 is 2.03 bits per heavy atom. The molecule has 2 amide bonds. The van der Waals surface area contributed by atoms with Crippen LogP contribution in [0.3, 0.4) is 0 Å². The molecule has 2 fully saturated rings. The van der Waals surface area contributed by atoms with E-state index in [1.807, 2.05) is 4.90 Å².